The largest absolute Gasteiger partial charge is 0.457 e. The first-order valence-electron chi connectivity index (χ1n) is 7.07. The minimum absolute atomic E-state index is 0.0836. The Morgan fingerprint density at radius 1 is 1.04 bits per heavy atom. The molecule has 0 bridgehead atoms. The van der Waals surface area contributed by atoms with Gasteiger partial charge in [0.2, 0.25) is 5.76 Å². The molecule has 2 N–H and O–H groups in total. The van der Waals surface area contributed by atoms with Crippen LogP contribution in [0.3, 0.4) is 0 Å². The van der Waals surface area contributed by atoms with Gasteiger partial charge in [-0.15, -0.1) is 0 Å². The molecule has 0 atom stereocenters. The van der Waals surface area contributed by atoms with E-state index in [2.05, 4.69) is 15.8 Å². The van der Waals surface area contributed by atoms with Gasteiger partial charge in [-0.05, 0) is 36.5 Å². The topological polar surface area (TPSA) is 76.4 Å². The third kappa shape index (κ3) is 4.17. The summed E-state index contributed by atoms with van der Waals surface area (Å²) < 4.78 is 10.5. The van der Waals surface area contributed by atoms with E-state index in [4.69, 9.17) is 21.5 Å². The average Bonchev–Trinajstić information content (AvgIpc) is 3.10. The maximum Gasteiger partial charge on any atom is 0.296 e. The molecular formula is C17H13N3O3S. The van der Waals surface area contributed by atoms with E-state index < -0.39 is 5.91 Å². The molecule has 1 aromatic heterocycles. The van der Waals surface area contributed by atoms with E-state index in [1.807, 2.05) is 48.5 Å². The Kier molecular flexibility index (Phi) is 4.83. The fourth-order valence-corrected chi connectivity index (χ4v) is 2.13. The van der Waals surface area contributed by atoms with Gasteiger partial charge in [-0.2, -0.15) is 0 Å². The van der Waals surface area contributed by atoms with Crippen LogP contribution >= 0.6 is 12.2 Å². The number of hydrogen-bond donors (Lipinski definition) is 2. The number of hydrogen-bond acceptors (Lipinski definition) is 5. The second kappa shape index (κ2) is 7.38. The summed E-state index contributed by atoms with van der Waals surface area (Å²) in [6.45, 7) is 0. The van der Waals surface area contributed by atoms with Gasteiger partial charge in [0.05, 0.1) is 6.20 Å². The van der Waals surface area contributed by atoms with E-state index in [1.54, 1.807) is 6.07 Å². The van der Waals surface area contributed by atoms with Gasteiger partial charge in [0.25, 0.3) is 5.91 Å². The maximum absolute atomic E-state index is 11.8. The predicted octanol–water partition coefficient (Wildman–Crippen LogP) is 3.59. The number of benzene rings is 2. The van der Waals surface area contributed by atoms with Crippen molar-refractivity contribution in [2.45, 2.75) is 0 Å². The summed E-state index contributed by atoms with van der Waals surface area (Å²) >= 11 is 5.11. The lowest BCUT2D eigenvalue weighted by Gasteiger charge is -2.10. The lowest BCUT2D eigenvalue weighted by Crippen LogP contribution is -2.33. The predicted molar refractivity (Wildman–Crippen MR) is 93.1 cm³/mol. The van der Waals surface area contributed by atoms with Gasteiger partial charge in [-0.3, -0.25) is 10.1 Å². The molecule has 0 aliphatic rings. The Hall–Kier alpha value is -3.19. The van der Waals surface area contributed by atoms with Crippen molar-refractivity contribution in [3.8, 4) is 11.5 Å². The van der Waals surface area contributed by atoms with Gasteiger partial charge in [0.1, 0.15) is 11.5 Å². The van der Waals surface area contributed by atoms with Crippen LogP contribution < -0.4 is 15.4 Å². The number of amides is 1. The number of ether oxygens (including phenoxy) is 1. The maximum atomic E-state index is 11.8. The number of nitrogens with zero attached hydrogens (tertiary/aromatic N) is 1. The van der Waals surface area contributed by atoms with Crippen molar-refractivity contribution in [3.63, 3.8) is 0 Å². The lowest BCUT2D eigenvalue weighted by molar-refractivity contribution is 0.0941. The molecule has 0 unspecified atom stereocenters. The van der Waals surface area contributed by atoms with E-state index in [-0.39, 0.29) is 10.9 Å². The van der Waals surface area contributed by atoms with Crippen LogP contribution in [0, 0.1) is 0 Å². The first kappa shape index (κ1) is 15.7. The van der Waals surface area contributed by atoms with Crippen LogP contribution in [-0.4, -0.2) is 16.2 Å². The van der Waals surface area contributed by atoms with Crippen molar-refractivity contribution >= 4 is 28.9 Å². The monoisotopic (exact) mass is 339 g/mol. The zero-order valence-corrected chi connectivity index (χ0v) is 13.2. The molecule has 2 aromatic carbocycles. The molecule has 120 valence electrons. The summed E-state index contributed by atoms with van der Waals surface area (Å²) in [6, 6.07) is 18.1. The van der Waals surface area contributed by atoms with Gasteiger partial charge >= 0.3 is 0 Å². The second-order valence-corrected chi connectivity index (χ2v) is 5.14. The van der Waals surface area contributed by atoms with Crippen molar-refractivity contribution in [2.24, 2.45) is 0 Å². The van der Waals surface area contributed by atoms with Crippen molar-refractivity contribution in [3.05, 3.63) is 72.6 Å². The third-order valence-corrected chi connectivity index (χ3v) is 3.16. The quantitative estimate of drug-likeness (QED) is 0.708. The molecule has 3 aromatic rings. The Morgan fingerprint density at radius 3 is 2.58 bits per heavy atom. The van der Waals surface area contributed by atoms with E-state index in [0.29, 0.717) is 11.4 Å². The molecule has 0 radical (unpaired) electrons. The standard InChI is InChI=1S/C17H13N3O3S/c21-16(15-9-10-18-23-15)20-17(24)19-12-5-4-8-14(11-12)22-13-6-2-1-3-7-13/h1-11H,(H2,19,20,21,24). The molecule has 1 amide bonds. The first-order valence-corrected chi connectivity index (χ1v) is 7.47. The fourth-order valence-electron chi connectivity index (χ4n) is 1.92. The normalized spacial score (nSPS) is 10.0. The number of carbonyl (C=O) groups excluding carboxylic acids is 1. The number of para-hydroxylation sites is 1. The summed E-state index contributed by atoms with van der Waals surface area (Å²) in [5, 5.41) is 9.04. The van der Waals surface area contributed by atoms with E-state index >= 15 is 0 Å². The molecule has 0 fully saturated rings. The molecule has 0 aliphatic heterocycles. The Morgan fingerprint density at radius 2 is 1.83 bits per heavy atom. The van der Waals surface area contributed by atoms with Crippen LogP contribution in [0.15, 0.2) is 71.4 Å². The van der Waals surface area contributed by atoms with Crippen LogP contribution in [0.1, 0.15) is 10.6 Å². The molecule has 0 spiro atoms. The Labute approximate surface area is 143 Å². The lowest BCUT2D eigenvalue weighted by atomic mass is 10.3. The van der Waals surface area contributed by atoms with Crippen molar-refractivity contribution in [1.29, 1.82) is 0 Å². The van der Waals surface area contributed by atoms with Gasteiger partial charge in [0.15, 0.2) is 5.11 Å². The molecule has 0 saturated carbocycles. The summed E-state index contributed by atoms with van der Waals surface area (Å²) in [5.74, 6) is 0.994. The minimum atomic E-state index is -0.471. The fraction of sp³-hybridized carbons (Fsp3) is 0. The van der Waals surface area contributed by atoms with Gasteiger partial charge in [0, 0.05) is 17.8 Å². The van der Waals surface area contributed by atoms with Crippen LogP contribution in [0.5, 0.6) is 11.5 Å². The molecular weight excluding hydrogens is 326 g/mol. The highest BCUT2D eigenvalue weighted by Gasteiger charge is 2.11. The van der Waals surface area contributed by atoms with Crippen molar-refractivity contribution < 1.29 is 14.1 Å². The van der Waals surface area contributed by atoms with E-state index in [9.17, 15) is 4.79 Å². The number of carbonyl (C=O) groups is 1. The second-order valence-electron chi connectivity index (χ2n) is 4.73. The molecule has 1 heterocycles. The number of anilines is 1. The molecule has 0 aliphatic carbocycles. The smallest absolute Gasteiger partial charge is 0.296 e. The number of rotatable bonds is 4. The van der Waals surface area contributed by atoms with Crippen molar-refractivity contribution in [1.82, 2.24) is 10.5 Å². The van der Waals surface area contributed by atoms with Gasteiger partial charge < -0.3 is 14.6 Å². The van der Waals surface area contributed by atoms with E-state index in [0.717, 1.165) is 5.75 Å². The summed E-state index contributed by atoms with van der Waals surface area (Å²) in [5.41, 5.74) is 0.686. The molecule has 6 nitrogen and oxygen atoms in total. The van der Waals surface area contributed by atoms with Crippen LogP contribution in [0.25, 0.3) is 0 Å². The SMILES string of the molecule is O=C(NC(=S)Nc1cccc(Oc2ccccc2)c1)c1ccno1. The Bertz CT molecular complexity index is 835. The molecule has 7 heteroatoms. The van der Waals surface area contributed by atoms with Gasteiger partial charge in [-0.1, -0.05) is 29.4 Å². The van der Waals surface area contributed by atoms with Crippen LogP contribution in [0.4, 0.5) is 5.69 Å². The molecule has 0 saturated heterocycles. The van der Waals surface area contributed by atoms with Crippen LogP contribution in [-0.2, 0) is 0 Å². The highest BCUT2D eigenvalue weighted by molar-refractivity contribution is 7.80. The zero-order chi connectivity index (χ0) is 16.8. The summed E-state index contributed by atoms with van der Waals surface area (Å²) in [7, 11) is 0. The average molecular weight is 339 g/mol. The molecule has 3 rings (SSSR count). The van der Waals surface area contributed by atoms with E-state index in [1.165, 1.54) is 12.3 Å². The highest BCUT2D eigenvalue weighted by Crippen LogP contribution is 2.23. The number of nitrogens with one attached hydrogen (secondary N) is 2. The van der Waals surface area contributed by atoms with Gasteiger partial charge in [-0.25, -0.2) is 0 Å². The van der Waals surface area contributed by atoms with Crippen molar-refractivity contribution in [2.75, 3.05) is 5.32 Å². The highest BCUT2D eigenvalue weighted by atomic mass is 32.1. The third-order valence-electron chi connectivity index (χ3n) is 2.96. The summed E-state index contributed by atoms with van der Waals surface area (Å²) in [6.07, 6.45) is 1.38. The summed E-state index contributed by atoms with van der Waals surface area (Å²) in [4.78, 5) is 11.8. The Balaban J connectivity index is 1.62. The zero-order valence-electron chi connectivity index (χ0n) is 12.4. The van der Waals surface area contributed by atoms with Crippen LogP contribution in [0.2, 0.25) is 0 Å². The molecule has 24 heavy (non-hydrogen) atoms. The first-order chi connectivity index (χ1) is 11.7. The number of aromatic nitrogens is 1. The minimum Gasteiger partial charge on any atom is -0.457 e. The number of thiocarbonyl (C=S) groups is 1.